The van der Waals surface area contributed by atoms with Gasteiger partial charge in [0.1, 0.15) is 0 Å². The summed E-state index contributed by atoms with van der Waals surface area (Å²) in [5, 5.41) is 0. The van der Waals surface area contributed by atoms with Crippen LogP contribution in [-0.2, 0) is 0 Å². The van der Waals surface area contributed by atoms with Gasteiger partial charge in [-0.25, -0.2) is 0 Å². The molecule has 0 aromatic heterocycles. The maximum absolute atomic E-state index is 6.08. The van der Waals surface area contributed by atoms with Crippen molar-refractivity contribution in [1.82, 2.24) is 4.90 Å². The summed E-state index contributed by atoms with van der Waals surface area (Å²) < 4.78 is 0. The summed E-state index contributed by atoms with van der Waals surface area (Å²) in [6, 6.07) is 2.07. The predicted molar refractivity (Wildman–Crippen MR) is 51.0 cm³/mol. The molecule has 2 nitrogen and oxygen atoms in total. The van der Waals surface area contributed by atoms with Gasteiger partial charge in [0.15, 0.2) is 0 Å². The molecular formula is C10H20N2. The number of nitrogens with zero attached hydrogens (tertiary/aromatic N) is 1. The molecule has 0 heterocycles. The van der Waals surface area contributed by atoms with Crippen LogP contribution in [0.2, 0.25) is 0 Å². The van der Waals surface area contributed by atoms with E-state index in [9.17, 15) is 0 Å². The Balaban J connectivity index is 1.94. The fourth-order valence-electron chi connectivity index (χ4n) is 2.55. The summed E-state index contributed by atoms with van der Waals surface area (Å²) in [5.74, 6) is 0. The highest BCUT2D eigenvalue weighted by molar-refractivity contribution is 4.94. The molecule has 2 fully saturated rings. The van der Waals surface area contributed by atoms with E-state index in [-0.39, 0.29) is 0 Å². The third kappa shape index (κ3) is 1.50. The lowest BCUT2D eigenvalue weighted by atomic mass is 10.1. The van der Waals surface area contributed by atoms with Crippen molar-refractivity contribution < 1.29 is 0 Å². The highest BCUT2D eigenvalue weighted by Gasteiger charge is 2.37. The van der Waals surface area contributed by atoms with Crippen molar-refractivity contribution in [2.75, 3.05) is 6.54 Å². The molecule has 2 unspecified atom stereocenters. The summed E-state index contributed by atoms with van der Waals surface area (Å²) in [6.07, 6.45) is 6.75. The van der Waals surface area contributed by atoms with Crippen molar-refractivity contribution >= 4 is 0 Å². The van der Waals surface area contributed by atoms with Crippen LogP contribution in [0.25, 0.3) is 0 Å². The van der Waals surface area contributed by atoms with Crippen LogP contribution in [0.5, 0.6) is 0 Å². The molecule has 2 aliphatic rings. The van der Waals surface area contributed by atoms with E-state index in [4.69, 9.17) is 5.73 Å². The van der Waals surface area contributed by atoms with Crippen LogP contribution in [0, 0.1) is 0 Å². The van der Waals surface area contributed by atoms with E-state index < -0.39 is 0 Å². The monoisotopic (exact) mass is 168 g/mol. The second-order valence-corrected chi connectivity index (χ2v) is 4.22. The zero-order valence-corrected chi connectivity index (χ0v) is 8.00. The third-order valence-electron chi connectivity index (χ3n) is 3.34. The topological polar surface area (TPSA) is 29.3 Å². The number of rotatable bonds is 3. The first kappa shape index (κ1) is 8.52. The Hall–Kier alpha value is -0.0800. The van der Waals surface area contributed by atoms with E-state index >= 15 is 0 Å². The second kappa shape index (κ2) is 3.35. The van der Waals surface area contributed by atoms with Gasteiger partial charge in [0.05, 0.1) is 0 Å². The minimum atomic E-state index is 0.463. The normalized spacial score (nSPS) is 36.2. The molecule has 0 amide bonds. The maximum Gasteiger partial charge on any atom is 0.0250 e. The molecule has 0 spiro atoms. The molecule has 2 rings (SSSR count). The fourth-order valence-corrected chi connectivity index (χ4v) is 2.55. The lowest BCUT2D eigenvalue weighted by molar-refractivity contribution is 0.185. The minimum absolute atomic E-state index is 0.463. The number of hydrogen-bond donors (Lipinski definition) is 1. The first-order chi connectivity index (χ1) is 5.83. The lowest BCUT2D eigenvalue weighted by Crippen LogP contribution is -2.45. The van der Waals surface area contributed by atoms with Gasteiger partial charge in [-0.2, -0.15) is 0 Å². The molecule has 2 aliphatic carbocycles. The van der Waals surface area contributed by atoms with Crippen molar-refractivity contribution in [3.63, 3.8) is 0 Å². The van der Waals surface area contributed by atoms with Crippen molar-refractivity contribution in [2.45, 2.75) is 57.2 Å². The van der Waals surface area contributed by atoms with Crippen LogP contribution in [-0.4, -0.2) is 29.6 Å². The molecule has 12 heavy (non-hydrogen) atoms. The average Bonchev–Trinajstić information content (AvgIpc) is 2.80. The molecule has 70 valence electrons. The van der Waals surface area contributed by atoms with Gasteiger partial charge in [0.2, 0.25) is 0 Å². The second-order valence-electron chi connectivity index (χ2n) is 4.22. The summed E-state index contributed by atoms with van der Waals surface area (Å²) in [4.78, 5) is 2.64. The van der Waals surface area contributed by atoms with Crippen molar-refractivity contribution in [2.24, 2.45) is 5.73 Å². The molecule has 0 radical (unpaired) electrons. The molecule has 0 aliphatic heterocycles. The summed E-state index contributed by atoms with van der Waals surface area (Å²) in [5.41, 5.74) is 6.08. The smallest absolute Gasteiger partial charge is 0.0250 e. The summed E-state index contributed by atoms with van der Waals surface area (Å²) >= 11 is 0. The van der Waals surface area contributed by atoms with Gasteiger partial charge in [-0.05, 0) is 32.2 Å². The van der Waals surface area contributed by atoms with E-state index in [0.717, 1.165) is 6.04 Å². The van der Waals surface area contributed by atoms with Gasteiger partial charge in [0.25, 0.3) is 0 Å². The van der Waals surface area contributed by atoms with Gasteiger partial charge < -0.3 is 5.73 Å². The Kier molecular flexibility index (Phi) is 2.37. The van der Waals surface area contributed by atoms with E-state index in [0.29, 0.717) is 12.1 Å². The average molecular weight is 168 g/mol. The number of likely N-dealkylation sites (N-methyl/N-ethyl adjacent to an activating group) is 1. The van der Waals surface area contributed by atoms with Gasteiger partial charge >= 0.3 is 0 Å². The van der Waals surface area contributed by atoms with Crippen LogP contribution in [0.3, 0.4) is 0 Å². The lowest BCUT2D eigenvalue weighted by Gasteiger charge is -2.30. The SMILES string of the molecule is CCN(C1CC1)C1CCCC1N. The van der Waals surface area contributed by atoms with Crippen LogP contribution >= 0.6 is 0 Å². The van der Waals surface area contributed by atoms with Gasteiger partial charge in [-0.15, -0.1) is 0 Å². The van der Waals surface area contributed by atoms with E-state index in [1.807, 2.05) is 0 Å². The van der Waals surface area contributed by atoms with Gasteiger partial charge in [0, 0.05) is 18.1 Å². The fraction of sp³-hybridized carbons (Fsp3) is 1.00. The molecule has 0 aromatic rings. The Morgan fingerprint density at radius 1 is 1.25 bits per heavy atom. The van der Waals surface area contributed by atoms with E-state index in [1.54, 1.807) is 0 Å². The van der Waals surface area contributed by atoms with Crippen molar-refractivity contribution in [3.8, 4) is 0 Å². The van der Waals surface area contributed by atoms with Crippen LogP contribution < -0.4 is 5.73 Å². The highest BCUT2D eigenvalue weighted by atomic mass is 15.2. The van der Waals surface area contributed by atoms with Crippen molar-refractivity contribution in [3.05, 3.63) is 0 Å². The molecule has 0 aromatic carbocycles. The van der Waals surface area contributed by atoms with Crippen molar-refractivity contribution in [1.29, 1.82) is 0 Å². The molecule has 2 heteroatoms. The first-order valence-electron chi connectivity index (χ1n) is 5.34. The van der Waals surface area contributed by atoms with E-state index in [1.165, 1.54) is 38.6 Å². The zero-order chi connectivity index (χ0) is 8.55. The Labute approximate surface area is 75.1 Å². The van der Waals surface area contributed by atoms with E-state index in [2.05, 4.69) is 11.8 Å². The highest BCUT2D eigenvalue weighted by Crippen LogP contribution is 2.33. The third-order valence-corrected chi connectivity index (χ3v) is 3.34. The minimum Gasteiger partial charge on any atom is -0.326 e. The molecule has 2 atom stereocenters. The predicted octanol–water partition coefficient (Wildman–Crippen LogP) is 1.35. The quantitative estimate of drug-likeness (QED) is 0.689. The Bertz CT molecular complexity index is 154. The summed E-state index contributed by atoms with van der Waals surface area (Å²) in [7, 11) is 0. The standard InChI is InChI=1S/C10H20N2/c1-2-12(8-6-7-8)10-5-3-4-9(10)11/h8-10H,2-7,11H2,1H3. The van der Waals surface area contributed by atoms with Gasteiger partial charge in [-0.1, -0.05) is 13.3 Å². The molecule has 2 saturated carbocycles. The van der Waals surface area contributed by atoms with Crippen LogP contribution in [0.1, 0.15) is 39.0 Å². The van der Waals surface area contributed by atoms with Crippen LogP contribution in [0.4, 0.5) is 0 Å². The first-order valence-corrected chi connectivity index (χ1v) is 5.34. The summed E-state index contributed by atoms with van der Waals surface area (Å²) in [6.45, 7) is 3.46. The molecule has 2 N–H and O–H groups in total. The number of nitrogens with two attached hydrogens (primary N) is 1. The molecule has 0 saturated heterocycles. The molecular weight excluding hydrogens is 148 g/mol. The Morgan fingerprint density at radius 2 is 2.00 bits per heavy atom. The van der Waals surface area contributed by atoms with Gasteiger partial charge in [-0.3, -0.25) is 4.90 Å². The largest absolute Gasteiger partial charge is 0.326 e. The number of hydrogen-bond acceptors (Lipinski definition) is 2. The van der Waals surface area contributed by atoms with Crippen LogP contribution in [0.15, 0.2) is 0 Å². The molecule has 0 bridgehead atoms. The maximum atomic E-state index is 6.08. The zero-order valence-electron chi connectivity index (χ0n) is 8.00. The Morgan fingerprint density at radius 3 is 2.42 bits per heavy atom.